The summed E-state index contributed by atoms with van der Waals surface area (Å²) in [6, 6.07) is 10.9. The van der Waals surface area contributed by atoms with Gasteiger partial charge in [-0.15, -0.1) is 5.10 Å². The predicted octanol–water partition coefficient (Wildman–Crippen LogP) is 2.26. The Morgan fingerprint density at radius 2 is 1.97 bits per heavy atom. The number of phenolic OH excluding ortho intramolecular Hbond substituents is 1. The number of benzene rings is 2. The van der Waals surface area contributed by atoms with Crippen LogP contribution in [0.5, 0.6) is 5.75 Å². The van der Waals surface area contributed by atoms with Crippen molar-refractivity contribution in [3.8, 4) is 5.75 Å². The summed E-state index contributed by atoms with van der Waals surface area (Å²) in [5.41, 5.74) is 12.6. The highest BCUT2D eigenvalue weighted by Crippen LogP contribution is 2.33. The molecule has 1 unspecified atom stereocenters. The van der Waals surface area contributed by atoms with E-state index >= 15 is 0 Å². The second-order valence-electron chi connectivity index (χ2n) is 7.49. The number of nitro groups is 1. The number of anilines is 3. The van der Waals surface area contributed by atoms with E-state index in [0.717, 1.165) is 6.07 Å². The van der Waals surface area contributed by atoms with Gasteiger partial charge >= 0.3 is 0 Å². The van der Waals surface area contributed by atoms with Gasteiger partial charge in [0.05, 0.1) is 16.7 Å². The van der Waals surface area contributed by atoms with Crippen LogP contribution in [0.3, 0.4) is 0 Å². The molecule has 186 valence electrons. The van der Waals surface area contributed by atoms with Crippen molar-refractivity contribution in [1.29, 1.82) is 0 Å². The van der Waals surface area contributed by atoms with Crippen LogP contribution in [-0.2, 0) is 4.79 Å². The largest absolute Gasteiger partial charge is 0.508 e. The monoisotopic (exact) mass is 492 g/mol. The van der Waals surface area contributed by atoms with Crippen LogP contribution in [0.2, 0.25) is 0 Å². The molecule has 0 saturated carbocycles. The quantitative estimate of drug-likeness (QED) is 0.194. The lowest BCUT2D eigenvalue weighted by atomic mass is 9.91. The third kappa shape index (κ3) is 6.02. The number of allylic oxidation sites excluding steroid dienone is 4. The van der Waals surface area contributed by atoms with Gasteiger partial charge in [0.25, 0.3) is 11.6 Å². The van der Waals surface area contributed by atoms with Gasteiger partial charge in [0.1, 0.15) is 5.75 Å². The molecule has 2 aromatic carbocycles. The smallest absolute Gasteiger partial charge is 0.273 e. The lowest BCUT2D eigenvalue weighted by Crippen LogP contribution is -2.17. The first-order chi connectivity index (χ1) is 17.2. The number of non-ortho nitro benzene ring substituents is 1. The summed E-state index contributed by atoms with van der Waals surface area (Å²) in [6.45, 7) is 0. The zero-order valence-electron chi connectivity index (χ0n) is 19.2. The van der Waals surface area contributed by atoms with Crippen LogP contribution in [0.15, 0.2) is 60.7 Å². The van der Waals surface area contributed by atoms with Gasteiger partial charge in [0.2, 0.25) is 18.3 Å². The van der Waals surface area contributed by atoms with Gasteiger partial charge in [-0.25, -0.2) is 0 Å². The van der Waals surface area contributed by atoms with Crippen molar-refractivity contribution in [1.82, 2.24) is 20.1 Å². The first-order valence-electron chi connectivity index (χ1n) is 10.6. The number of primary amides is 1. The number of hydrogen-bond acceptors (Lipinski definition) is 9. The molecular formula is C23H24N8O5. The molecular weight excluding hydrogens is 468 g/mol. The van der Waals surface area contributed by atoms with Crippen molar-refractivity contribution in [2.75, 3.05) is 18.1 Å². The average molecular weight is 492 g/mol. The summed E-state index contributed by atoms with van der Waals surface area (Å²) in [4.78, 5) is 35.0. The second kappa shape index (κ2) is 11.3. The van der Waals surface area contributed by atoms with Crippen LogP contribution in [0.4, 0.5) is 23.3 Å². The summed E-state index contributed by atoms with van der Waals surface area (Å²) < 4.78 is 1.48. The Kier molecular flexibility index (Phi) is 7.97. The highest BCUT2D eigenvalue weighted by Gasteiger charge is 2.19. The normalized spacial score (nSPS) is 14.1. The molecule has 13 heteroatoms. The molecule has 0 aliphatic heterocycles. The molecule has 1 aliphatic carbocycles. The number of hydrogen-bond donors (Lipinski definition) is 5. The molecule has 0 spiro atoms. The van der Waals surface area contributed by atoms with Gasteiger partial charge in [-0.1, -0.05) is 12.2 Å². The number of amides is 2. The first kappa shape index (κ1) is 25.4. The molecule has 0 fully saturated rings. The van der Waals surface area contributed by atoms with Crippen LogP contribution in [-0.4, -0.2) is 44.2 Å². The lowest BCUT2D eigenvalue weighted by Gasteiger charge is -2.17. The van der Waals surface area contributed by atoms with Crippen molar-refractivity contribution < 1.29 is 19.6 Å². The molecule has 0 radical (unpaired) electrons. The summed E-state index contributed by atoms with van der Waals surface area (Å²) in [7, 11) is 1.57. The van der Waals surface area contributed by atoms with Gasteiger partial charge in [0, 0.05) is 30.3 Å². The number of aromatic nitrogens is 3. The summed E-state index contributed by atoms with van der Waals surface area (Å²) in [5, 5.41) is 30.9. The Morgan fingerprint density at radius 1 is 1.28 bits per heavy atom. The van der Waals surface area contributed by atoms with E-state index in [2.05, 4.69) is 26.4 Å². The molecule has 1 heterocycles. The Bertz CT molecular complexity index is 1330. The minimum atomic E-state index is -0.534. The summed E-state index contributed by atoms with van der Waals surface area (Å²) >= 11 is 0. The fraction of sp³-hybridized carbons (Fsp3) is 0.130. The average Bonchev–Trinajstić information content (AvgIpc) is 3.23. The van der Waals surface area contributed by atoms with Crippen molar-refractivity contribution in [2.45, 2.75) is 12.3 Å². The van der Waals surface area contributed by atoms with E-state index in [4.69, 9.17) is 10.5 Å². The van der Waals surface area contributed by atoms with Crippen LogP contribution in [0, 0.1) is 10.1 Å². The predicted molar refractivity (Wildman–Crippen MR) is 133 cm³/mol. The fourth-order valence-corrected chi connectivity index (χ4v) is 3.50. The highest BCUT2D eigenvalue weighted by atomic mass is 16.6. The van der Waals surface area contributed by atoms with E-state index in [1.54, 1.807) is 37.4 Å². The Labute approximate surface area is 205 Å². The number of nitrogens with one attached hydrogen (secondary N) is 2. The number of aromatic hydroxyl groups is 1. The maximum Gasteiger partial charge on any atom is 0.273 e. The molecule has 1 aromatic heterocycles. The van der Waals surface area contributed by atoms with E-state index in [-0.39, 0.29) is 35.6 Å². The number of nitrogens with two attached hydrogens (primary N) is 2. The molecule has 4 rings (SSSR count). The van der Waals surface area contributed by atoms with Gasteiger partial charge in [0.15, 0.2) is 0 Å². The minimum absolute atomic E-state index is 0.138. The maximum absolute atomic E-state index is 11.7. The molecule has 1 aliphatic rings. The molecule has 1 atom stereocenters. The first-order valence-corrected chi connectivity index (χ1v) is 10.6. The van der Waals surface area contributed by atoms with E-state index < -0.39 is 4.92 Å². The third-order valence-corrected chi connectivity index (χ3v) is 5.15. The van der Waals surface area contributed by atoms with E-state index in [1.807, 2.05) is 12.2 Å². The number of carbonyl (C=O) groups excluding carboxylic acids is 2. The van der Waals surface area contributed by atoms with Crippen molar-refractivity contribution >= 4 is 41.3 Å². The highest BCUT2D eigenvalue weighted by molar-refractivity contribution is 5.94. The molecule has 13 nitrogen and oxygen atoms in total. The Morgan fingerprint density at radius 3 is 2.56 bits per heavy atom. The minimum Gasteiger partial charge on any atom is -0.508 e. The van der Waals surface area contributed by atoms with Crippen molar-refractivity contribution in [3.05, 3.63) is 81.9 Å². The molecule has 36 heavy (non-hydrogen) atoms. The molecule has 0 saturated heterocycles. The van der Waals surface area contributed by atoms with Crippen LogP contribution < -0.4 is 22.1 Å². The zero-order valence-corrected chi connectivity index (χ0v) is 19.2. The number of nitro benzene ring substituents is 1. The van der Waals surface area contributed by atoms with E-state index in [1.165, 1.54) is 16.8 Å². The van der Waals surface area contributed by atoms with Gasteiger partial charge in [-0.2, -0.15) is 9.67 Å². The van der Waals surface area contributed by atoms with Gasteiger partial charge in [-0.05, 0) is 48.4 Å². The Hall–Kier alpha value is -5.20. The topological polar surface area (TPSA) is 204 Å². The van der Waals surface area contributed by atoms with Crippen LogP contribution in [0.1, 0.15) is 28.3 Å². The van der Waals surface area contributed by atoms with Crippen molar-refractivity contribution in [2.24, 2.45) is 5.73 Å². The van der Waals surface area contributed by atoms with Gasteiger partial charge in [-0.3, -0.25) is 19.7 Å². The summed E-state index contributed by atoms with van der Waals surface area (Å²) in [5.74, 6) is 0.00703. The Balaban J connectivity index is 0.00000115. The maximum atomic E-state index is 11.7. The summed E-state index contributed by atoms with van der Waals surface area (Å²) in [6.07, 6.45) is 6.36. The third-order valence-electron chi connectivity index (χ3n) is 5.15. The van der Waals surface area contributed by atoms with Gasteiger partial charge < -0.3 is 27.2 Å². The standard InChI is InChI=1S/C22H21N7O4.CH3NO/c1-24-20(31)14-2-6-16(7-3-14)25-22-26-21(23)28(27-22)17-8-4-13(5-9-17)15-10-18(29(32)33)12-19(30)11-15;2-1-3/h2-4,6-13,30H,5H2,1H3,(H,24,31)(H3,23,25,26,27);1H,(H2,2,3). The zero-order chi connectivity index (χ0) is 26.2. The number of rotatable bonds is 6. The van der Waals surface area contributed by atoms with E-state index in [0.29, 0.717) is 34.9 Å². The van der Waals surface area contributed by atoms with Crippen molar-refractivity contribution in [3.63, 3.8) is 0 Å². The van der Waals surface area contributed by atoms with Crippen LogP contribution >= 0.6 is 0 Å². The number of nitrogen functional groups attached to an aromatic ring is 1. The molecule has 2 amide bonds. The SMILES string of the molecule is CNC(=O)c1ccc(Nc2nc(N)n(C3=CCC(c4cc(O)cc([N+](=O)[O-])c4)C=C3)n2)cc1.NC=O. The lowest BCUT2D eigenvalue weighted by molar-refractivity contribution is -0.385. The van der Waals surface area contributed by atoms with Crippen LogP contribution in [0.25, 0.3) is 5.70 Å². The number of carbonyl (C=O) groups is 2. The second-order valence-corrected chi connectivity index (χ2v) is 7.49. The molecule has 3 aromatic rings. The fourth-order valence-electron chi connectivity index (χ4n) is 3.50. The molecule has 0 bridgehead atoms. The number of phenols is 1. The van der Waals surface area contributed by atoms with E-state index in [9.17, 15) is 20.0 Å². The number of nitrogens with zero attached hydrogens (tertiary/aromatic N) is 4. The molecule has 7 N–H and O–H groups in total.